The summed E-state index contributed by atoms with van der Waals surface area (Å²) in [6.45, 7) is 5.99. The molecule has 2 unspecified atom stereocenters. The number of likely N-dealkylation sites (N-methyl/N-ethyl adjacent to an activating group) is 1. The number of hydrogen-bond donors (Lipinski definition) is 1. The van der Waals surface area contributed by atoms with E-state index in [2.05, 4.69) is 54.5 Å². The Bertz CT molecular complexity index is 323. The molecule has 0 radical (unpaired) electrons. The Morgan fingerprint density at radius 3 is 2.71 bits per heavy atom. The van der Waals surface area contributed by atoms with Gasteiger partial charge in [-0.2, -0.15) is 0 Å². The van der Waals surface area contributed by atoms with Crippen LogP contribution >= 0.6 is 0 Å². The molecule has 2 nitrogen and oxygen atoms in total. The number of likely N-dealkylation sites (tertiary alicyclic amines) is 1. The largest absolute Gasteiger partial charge is 0.312 e. The lowest BCUT2D eigenvalue weighted by molar-refractivity contribution is 0.287. The van der Waals surface area contributed by atoms with Gasteiger partial charge in [0, 0.05) is 19.1 Å². The van der Waals surface area contributed by atoms with Crippen LogP contribution in [0.2, 0.25) is 0 Å². The topological polar surface area (TPSA) is 15.3 Å². The Morgan fingerprint density at radius 1 is 1.35 bits per heavy atom. The molecule has 17 heavy (non-hydrogen) atoms. The van der Waals surface area contributed by atoms with Gasteiger partial charge in [0.05, 0.1) is 0 Å². The van der Waals surface area contributed by atoms with Crippen LogP contribution in [0.4, 0.5) is 0 Å². The SMILES string of the molecule is CCC1CCN(CC(NC)c2ccccc2)C1. The third kappa shape index (κ3) is 3.30. The fraction of sp³-hybridized carbons (Fsp3) is 0.600. The summed E-state index contributed by atoms with van der Waals surface area (Å²) < 4.78 is 0. The molecular weight excluding hydrogens is 208 g/mol. The van der Waals surface area contributed by atoms with Gasteiger partial charge in [0.1, 0.15) is 0 Å². The second-order valence-electron chi connectivity index (χ2n) is 5.07. The minimum atomic E-state index is 0.465. The van der Waals surface area contributed by atoms with Gasteiger partial charge in [-0.3, -0.25) is 0 Å². The number of rotatable bonds is 5. The maximum atomic E-state index is 3.44. The van der Waals surface area contributed by atoms with Crippen LogP contribution in [-0.4, -0.2) is 31.6 Å². The number of nitrogens with zero attached hydrogens (tertiary/aromatic N) is 1. The van der Waals surface area contributed by atoms with Crippen LogP contribution in [0.3, 0.4) is 0 Å². The second kappa shape index (κ2) is 6.18. The van der Waals surface area contributed by atoms with Crippen molar-refractivity contribution < 1.29 is 0 Å². The van der Waals surface area contributed by atoms with Crippen molar-refractivity contribution >= 4 is 0 Å². The molecule has 0 bridgehead atoms. The van der Waals surface area contributed by atoms with Crippen molar-refractivity contribution in [3.63, 3.8) is 0 Å². The summed E-state index contributed by atoms with van der Waals surface area (Å²) in [6, 6.07) is 11.2. The molecule has 1 aliphatic heterocycles. The molecule has 0 aliphatic carbocycles. The van der Waals surface area contributed by atoms with Gasteiger partial charge in [0.15, 0.2) is 0 Å². The molecule has 1 heterocycles. The van der Waals surface area contributed by atoms with Crippen LogP contribution in [-0.2, 0) is 0 Å². The molecule has 1 aromatic rings. The van der Waals surface area contributed by atoms with E-state index >= 15 is 0 Å². The minimum absolute atomic E-state index is 0.465. The first kappa shape index (κ1) is 12.6. The van der Waals surface area contributed by atoms with Gasteiger partial charge in [-0.05, 0) is 31.5 Å². The molecule has 0 saturated carbocycles. The average Bonchev–Trinajstić information content (AvgIpc) is 2.84. The molecular formula is C15H24N2. The summed E-state index contributed by atoms with van der Waals surface area (Å²) in [7, 11) is 2.06. The van der Waals surface area contributed by atoms with Crippen molar-refractivity contribution in [3.8, 4) is 0 Å². The van der Waals surface area contributed by atoms with Crippen LogP contribution in [0.15, 0.2) is 30.3 Å². The Hall–Kier alpha value is -0.860. The van der Waals surface area contributed by atoms with Gasteiger partial charge >= 0.3 is 0 Å². The normalized spacial score (nSPS) is 22.8. The van der Waals surface area contributed by atoms with Gasteiger partial charge in [0.25, 0.3) is 0 Å². The molecule has 0 aromatic heterocycles. The predicted molar refractivity (Wildman–Crippen MR) is 73.1 cm³/mol. The van der Waals surface area contributed by atoms with Crippen LogP contribution in [0.1, 0.15) is 31.4 Å². The number of nitrogens with one attached hydrogen (secondary N) is 1. The molecule has 2 atom stereocenters. The number of benzene rings is 1. The molecule has 1 saturated heterocycles. The summed E-state index contributed by atoms with van der Waals surface area (Å²) in [5.74, 6) is 0.920. The van der Waals surface area contributed by atoms with E-state index in [1.165, 1.54) is 31.5 Å². The van der Waals surface area contributed by atoms with Crippen LogP contribution in [0, 0.1) is 5.92 Å². The van der Waals surface area contributed by atoms with E-state index in [1.54, 1.807) is 0 Å². The quantitative estimate of drug-likeness (QED) is 0.839. The van der Waals surface area contributed by atoms with Crippen molar-refractivity contribution in [2.75, 3.05) is 26.7 Å². The van der Waals surface area contributed by atoms with Gasteiger partial charge in [-0.1, -0.05) is 43.7 Å². The Balaban J connectivity index is 1.92. The zero-order chi connectivity index (χ0) is 12.1. The highest BCUT2D eigenvalue weighted by atomic mass is 15.2. The molecule has 0 amide bonds. The standard InChI is InChI=1S/C15H24N2/c1-3-13-9-10-17(11-13)12-15(16-2)14-7-5-4-6-8-14/h4-8,13,15-16H,3,9-12H2,1-2H3. The zero-order valence-corrected chi connectivity index (χ0v) is 11.0. The van der Waals surface area contributed by atoms with E-state index in [0.717, 1.165) is 12.5 Å². The molecule has 1 aliphatic rings. The summed E-state index contributed by atoms with van der Waals surface area (Å²) in [5, 5.41) is 3.44. The van der Waals surface area contributed by atoms with E-state index < -0.39 is 0 Å². The lowest BCUT2D eigenvalue weighted by Crippen LogP contribution is -2.32. The van der Waals surface area contributed by atoms with E-state index in [-0.39, 0.29) is 0 Å². The maximum Gasteiger partial charge on any atom is 0.0446 e. The zero-order valence-electron chi connectivity index (χ0n) is 11.0. The van der Waals surface area contributed by atoms with Gasteiger partial charge in [0.2, 0.25) is 0 Å². The monoisotopic (exact) mass is 232 g/mol. The fourth-order valence-electron chi connectivity index (χ4n) is 2.72. The Morgan fingerprint density at radius 2 is 2.12 bits per heavy atom. The summed E-state index contributed by atoms with van der Waals surface area (Å²) in [5.41, 5.74) is 1.40. The van der Waals surface area contributed by atoms with Crippen LogP contribution < -0.4 is 5.32 Å². The molecule has 1 aromatic carbocycles. The first-order chi connectivity index (χ1) is 8.33. The summed E-state index contributed by atoms with van der Waals surface area (Å²) in [6.07, 6.45) is 2.70. The highest BCUT2D eigenvalue weighted by molar-refractivity contribution is 5.19. The lowest BCUT2D eigenvalue weighted by Gasteiger charge is -2.23. The Labute approximate surface area is 105 Å². The van der Waals surface area contributed by atoms with E-state index in [9.17, 15) is 0 Å². The molecule has 1 fully saturated rings. The van der Waals surface area contributed by atoms with Crippen LogP contribution in [0.5, 0.6) is 0 Å². The average molecular weight is 232 g/mol. The number of hydrogen-bond acceptors (Lipinski definition) is 2. The van der Waals surface area contributed by atoms with E-state index in [4.69, 9.17) is 0 Å². The predicted octanol–water partition coefficient (Wildman–Crippen LogP) is 2.68. The first-order valence-electron chi connectivity index (χ1n) is 6.78. The van der Waals surface area contributed by atoms with Crippen molar-refractivity contribution in [1.29, 1.82) is 0 Å². The summed E-state index contributed by atoms with van der Waals surface area (Å²) in [4.78, 5) is 2.60. The van der Waals surface area contributed by atoms with Crippen molar-refractivity contribution in [2.45, 2.75) is 25.8 Å². The molecule has 1 N–H and O–H groups in total. The highest BCUT2D eigenvalue weighted by Crippen LogP contribution is 2.22. The highest BCUT2D eigenvalue weighted by Gasteiger charge is 2.23. The van der Waals surface area contributed by atoms with Gasteiger partial charge in [-0.15, -0.1) is 0 Å². The van der Waals surface area contributed by atoms with Crippen molar-refractivity contribution in [2.24, 2.45) is 5.92 Å². The molecule has 0 spiro atoms. The van der Waals surface area contributed by atoms with Crippen molar-refractivity contribution in [3.05, 3.63) is 35.9 Å². The third-order valence-corrected chi connectivity index (χ3v) is 3.94. The van der Waals surface area contributed by atoms with Gasteiger partial charge < -0.3 is 10.2 Å². The second-order valence-corrected chi connectivity index (χ2v) is 5.07. The first-order valence-corrected chi connectivity index (χ1v) is 6.78. The van der Waals surface area contributed by atoms with Gasteiger partial charge in [-0.25, -0.2) is 0 Å². The van der Waals surface area contributed by atoms with E-state index in [1.807, 2.05) is 0 Å². The molecule has 2 heteroatoms. The minimum Gasteiger partial charge on any atom is -0.312 e. The van der Waals surface area contributed by atoms with Crippen molar-refractivity contribution in [1.82, 2.24) is 10.2 Å². The summed E-state index contributed by atoms with van der Waals surface area (Å²) >= 11 is 0. The molecule has 94 valence electrons. The maximum absolute atomic E-state index is 3.44. The van der Waals surface area contributed by atoms with Crippen LogP contribution in [0.25, 0.3) is 0 Å². The van der Waals surface area contributed by atoms with E-state index in [0.29, 0.717) is 6.04 Å². The third-order valence-electron chi connectivity index (χ3n) is 3.94. The Kier molecular flexibility index (Phi) is 4.57. The molecule has 2 rings (SSSR count). The lowest BCUT2D eigenvalue weighted by atomic mass is 10.1. The fourth-order valence-corrected chi connectivity index (χ4v) is 2.72. The smallest absolute Gasteiger partial charge is 0.0446 e.